The minimum Gasteiger partial charge on any atom is -0.478 e. The molecule has 1 aromatic rings. The van der Waals surface area contributed by atoms with Gasteiger partial charge >= 0.3 is 11.9 Å². The molecule has 110 valence electrons. The lowest BCUT2D eigenvalue weighted by atomic mass is 10.1. The molecule has 0 bridgehead atoms. The molecule has 0 aliphatic heterocycles. The van der Waals surface area contributed by atoms with Crippen LogP contribution in [0, 0.1) is 0 Å². The SMILES string of the molecule is CCC=C(C(=O)O)c1nc(C(=O)OC(C)(C)C)sc1N. The Bertz CT molecular complexity index is 555. The molecule has 1 rings (SSSR count). The molecule has 7 heteroatoms. The molecule has 0 radical (unpaired) electrons. The van der Waals surface area contributed by atoms with Crippen LogP contribution in [0.4, 0.5) is 5.00 Å². The van der Waals surface area contributed by atoms with Crippen molar-refractivity contribution < 1.29 is 19.4 Å². The molecule has 6 nitrogen and oxygen atoms in total. The van der Waals surface area contributed by atoms with Crippen LogP contribution in [0.5, 0.6) is 0 Å². The van der Waals surface area contributed by atoms with Crippen molar-refractivity contribution in [3.8, 4) is 0 Å². The quantitative estimate of drug-likeness (QED) is 0.654. The fraction of sp³-hybridized carbons (Fsp3) is 0.462. The molecule has 1 aromatic heterocycles. The van der Waals surface area contributed by atoms with Crippen molar-refractivity contribution >= 4 is 33.8 Å². The standard InChI is InChI=1S/C13H18N2O4S/c1-5-6-7(11(16)17)8-9(14)20-10(15-8)12(18)19-13(2,3)4/h6H,5,14H2,1-4H3,(H,16,17). The fourth-order valence-corrected chi connectivity index (χ4v) is 2.15. The lowest BCUT2D eigenvalue weighted by Crippen LogP contribution is -2.23. The van der Waals surface area contributed by atoms with E-state index >= 15 is 0 Å². The number of aromatic nitrogens is 1. The van der Waals surface area contributed by atoms with E-state index in [1.165, 1.54) is 6.08 Å². The van der Waals surface area contributed by atoms with E-state index < -0.39 is 17.5 Å². The van der Waals surface area contributed by atoms with Gasteiger partial charge in [0.15, 0.2) is 0 Å². The number of aliphatic carboxylic acids is 1. The second-order valence-electron chi connectivity index (χ2n) is 5.06. The van der Waals surface area contributed by atoms with Crippen LogP contribution in [0.3, 0.4) is 0 Å². The van der Waals surface area contributed by atoms with Crippen molar-refractivity contribution in [1.29, 1.82) is 0 Å². The number of ether oxygens (including phenoxy) is 1. The number of thiazole rings is 1. The Hall–Kier alpha value is -1.89. The average molecular weight is 298 g/mol. The number of nitrogen functional groups attached to an aromatic ring is 1. The van der Waals surface area contributed by atoms with Crippen molar-refractivity contribution in [1.82, 2.24) is 4.98 Å². The zero-order valence-corrected chi connectivity index (χ0v) is 12.7. The number of carbonyl (C=O) groups is 2. The Morgan fingerprint density at radius 2 is 2.05 bits per heavy atom. The Labute approximate surface area is 121 Å². The molecule has 3 N–H and O–H groups in total. The van der Waals surface area contributed by atoms with E-state index in [2.05, 4.69) is 4.98 Å². The number of rotatable bonds is 4. The summed E-state index contributed by atoms with van der Waals surface area (Å²) in [5.41, 5.74) is 5.22. The third-order valence-corrected chi connectivity index (χ3v) is 2.99. The summed E-state index contributed by atoms with van der Waals surface area (Å²) in [4.78, 5) is 27.1. The van der Waals surface area contributed by atoms with Gasteiger partial charge in [0.25, 0.3) is 0 Å². The number of anilines is 1. The van der Waals surface area contributed by atoms with Gasteiger partial charge in [0.1, 0.15) is 16.3 Å². The molecule has 0 saturated heterocycles. The predicted molar refractivity (Wildman–Crippen MR) is 77.6 cm³/mol. The van der Waals surface area contributed by atoms with Gasteiger partial charge in [-0.05, 0) is 27.2 Å². The first-order valence-electron chi connectivity index (χ1n) is 6.09. The summed E-state index contributed by atoms with van der Waals surface area (Å²) in [7, 11) is 0. The zero-order valence-electron chi connectivity index (χ0n) is 11.9. The maximum Gasteiger partial charge on any atom is 0.368 e. The van der Waals surface area contributed by atoms with Crippen LogP contribution in [-0.2, 0) is 9.53 Å². The molecule has 0 saturated carbocycles. The topological polar surface area (TPSA) is 103 Å². The number of nitrogens with two attached hydrogens (primary N) is 1. The minimum atomic E-state index is -1.13. The van der Waals surface area contributed by atoms with Crippen molar-refractivity contribution in [2.24, 2.45) is 0 Å². The van der Waals surface area contributed by atoms with E-state index in [1.54, 1.807) is 27.7 Å². The van der Waals surface area contributed by atoms with Crippen LogP contribution in [0.1, 0.15) is 49.6 Å². The van der Waals surface area contributed by atoms with Crippen molar-refractivity contribution in [2.75, 3.05) is 5.73 Å². The van der Waals surface area contributed by atoms with Gasteiger partial charge in [-0.15, -0.1) is 0 Å². The Morgan fingerprint density at radius 1 is 1.45 bits per heavy atom. The average Bonchev–Trinajstić information content (AvgIpc) is 2.65. The van der Waals surface area contributed by atoms with Crippen LogP contribution in [0.25, 0.3) is 5.57 Å². The number of carbonyl (C=O) groups excluding carboxylic acids is 1. The third kappa shape index (κ3) is 4.06. The minimum absolute atomic E-state index is 0.00365. The third-order valence-electron chi connectivity index (χ3n) is 2.12. The normalized spacial score (nSPS) is 12.3. The van der Waals surface area contributed by atoms with Crippen LogP contribution in [0.15, 0.2) is 6.08 Å². The molecule has 0 aliphatic rings. The van der Waals surface area contributed by atoms with Gasteiger partial charge in [-0.1, -0.05) is 24.3 Å². The first-order chi connectivity index (χ1) is 9.15. The van der Waals surface area contributed by atoms with Crippen molar-refractivity contribution in [3.63, 3.8) is 0 Å². The van der Waals surface area contributed by atoms with Gasteiger partial charge in [-0.25, -0.2) is 14.6 Å². The van der Waals surface area contributed by atoms with Crippen molar-refractivity contribution in [2.45, 2.75) is 39.7 Å². The molecule has 0 aliphatic carbocycles. The Balaban J connectivity index is 3.13. The van der Waals surface area contributed by atoms with Gasteiger partial charge < -0.3 is 15.6 Å². The Morgan fingerprint density at radius 3 is 2.50 bits per heavy atom. The van der Waals surface area contributed by atoms with Gasteiger partial charge in [-0.2, -0.15) is 0 Å². The smallest absolute Gasteiger partial charge is 0.368 e. The highest BCUT2D eigenvalue weighted by atomic mass is 32.1. The molecule has 0 atom stereocenters. The summed E-state index contributed by atoms with van der Waals surface area (Å²) >= 11 is 0.923. The maximum absolute atomic E-state index is 11.9. The van der Waals surface area contributed by atoms with Gasteiger partial charge in [-0.3, -0.25) is 0 Å². The summed E-state index contributed by atoms with van der Waals surface area (Å²) < 4.78 is 5.18. The van der Waals surface area contributed by atoms with E-state index in [1.807, 2.05) is 0 Å². The number of allylic oxidation sites excluding steroid dienone is 1. The number of esters is 1. The predicted octanol–water partition coefficient (Wildman–Crippen LogP) is 2.56. The zero-order chi connectivity index (χ0) is 15.5. The highest BCUT2D eigenvalue weighted by molar-refractivity contribution is 7.17. The maximum atomic E-state index is 11.9. The fourth-order valence-electron chi connectivity index (χ4n) is 1.42. The van der Waals surface area contributed by atoms with E-state index in [-0.39, 0.29) is 21.3 Å². The number of carboxylic acids is 1. The van der Waals surface area contributed by atoms with Crippen LogP contribution >= 0.6 is 11.3 Å². The van der Waals surface area contributed by atoms with Crippen LogP contribution < -0.4 is 5.73 Å². The van der Waals surface area contributed by atoms with E-state index in [0.29, 0.717) is 6.42 Å². The molecule has 0 amide bonds. The number of hydrogen-bond donors (Lipinski definition) is 2. The first kappa shape index (κ1) is 16.2. The van der Waals surface area contributed by atoms with E-state index in [0.717, 1.165) is 11.3 Å². The molecular formula is C13H18N2O4S. The second kappa shape index (κ2) is 6.04. The molecule has 0 unspecified atom stereocenters. The molecule has 1 heterocycles. The highest BCUT2D eigenvalue weighted by Gasteiger charge is 2.25. The molecule has 0 spiro atoms. The highest BCUT2D eigenvalue weighted by Crippen LogP contribution is 2.29. The monoisotopic (exact) mass is 298 g/mol. The summed E-state index contributed by atoms with van der Waals surface area (Å²) in [5, 5.41) is 9.38. The van der Waals surface area contributed by atoms with E-state index in [9.17, 15) is 9.59 Å². The lowest BCUT2D eigenvalue weighted by Gasteiger charge is -2.18. The number of carboxylic acid groups (broad SMARTS) is 1. The van der Waals surface area contributed by atoms with Gasteiger partial charge in [0.2, 0.25) is 5.01 Å². The van der Waals surface area contributed by atoms with Gasteiger partial charge in [0, 0.05) is 0 Å². The molecular weight excluding hydrogens is 280 g/mol. The molecule has 0 fully saturated rings. The summed E-state index contributed by atoms with van der Waals surface area (Å²) in [6, 6.07) is 0. The summed E-state index contributed by atoms with van der Waals surface area (Å²) in [5.74, 6) is -1.73. The molecule has 20 heavy (non-hydrogen) atoms. The summed E-state index contributed by atoms with van der Waals surface area (Å²) in [6.45, 7) is 7.02. The van der Waals surface area contributed by atoms with Crippen molar-refractivity contribution in [3.05, 3.63) is 16.8 Å². The van der Waals surface area contributed by atoms with Crippen LogP contribution in [0.2, 0.25) is 0 Å². The Kier molecular flexibility index (Phi) is 4.88. The van der Waals surface area contributed by atoms with Gasteiger partial charge in [0.05, 0.1) is 5.57 Å². The van der Waals surface area contributed by atoms with Crippen LogP contribution in [-0.4, -0.2) is 27.6 Å². The number of hydrogen-bond acceptors (Lipinski definition) is 6. The lowest BCUT2D eigenvalue weighted by molar-refractivity contribution is -0.130. The van der Waals surface area contributed by atoms with E-state index in [4.69, 9.17) is 15.6 Å². The second-order valence-corrected chi connectivity index (χ2v) is 6.10. The number of nitrogens with zero attached hydrogens (tertiary/aromatic N) is 1. The first-order valence-corrected chi connectivity index (χ1v) is 6.90. The largest absolute Gasteiger partial charge is 0.478 e. The molecule has 0 aromatic carbocycles. The summed E-state index contributed by atoms with van der Waals surface area (Å²) in [6.07, 6.45) is 2.03.